The fourth-order valence-electron chi connectivity index (χ4n) is 2.80. The van der Waals surface area contributed by atoms with Gasteiger partial charge in [-0.25, -0.2) is 0 Å². The van der Waals surface area contributed by atoms with Crippen LogP contribution >= 0.6 is 0 Å². The maximum absolute atomic E-state index is 5.41. The Morgan fingerprint density at radius 3 is 2.42 bits per heavy atom. The van der Waals surface area contributed by atoms with Gasteiger partial charge in [0.05, 0.1) is 0 Å². The van der Waals surface area contributed by atoms with Crippen LogP contribution in [-0.4, -0.2) is 13.2 Å². The van der Waals surface area contributed by atoms with E-state index >= 15 is 0 Å². The Bertz CT molecular complexity index is 385. The molecule has 0 bridgehead atoms. The highest BCUT2D eigenvalue weighted by molar-refractivity contribution is 5.32. The normalized spacial score (nSPS) is 22.5. The van der Waals surface area contributed by atoms with E-state index in [0.29, 0.717) is 0 Å². The highest BCUT2D eigenvalue weighted by Gasteiger charge is 2.37. The number of hydrogen-bond donors (Lipinski definition) is 0. The third kappa shape index (κ3) is 4.07. The minimum Gasteiger partial charge on any atom is -0.382 e. The van der Waals surface area contributed by atoms with E-state index < -0.39 is 0 Å². The van der Waals surface area contributed by atoms with Crippen LogP contribution in [0.1, 0.15) is 64.0 Å². The maximum atomic E-state index is 5.41. The fourth-order valence-corrected chi connectivity index (χ4v) is 2.80. The van der Waals surface area contributed by atoms with Gasteiger partial charge in [0.1, 0.15) is 0 Å². The first-order valence-corrected chi connectivity index (χ1v) is 7.70. The summed E-state index contributed by atoms with van der Waals surface area (Å²) < 4.78 is 5.41. The molecule has 2 rings (SSSR count). The molecule has 1 aromatic carbocycles. The lowest BCUT2D eigenvalue weighted by molar-refractivity contribution is 0.142. The zero-order chi connectivity index (χ0) is 13.9. The van der Waals surface area contributed by atoms with E-state index in [-0.39, 0.29) is 5.41 Å². The first-order chi connectivity index (χ1) is 9.02. The summed E-state index contributed by atoms with van der Waals surface area (Å²) in [7, 11) is 0. The smallest absolute Gasteiger partial charge is 0.0465 e. The molecule has 0 spiro atoms. The Kier molecular flexibility index (Phi) is 4.67. The van der Waals surface area contributed by atoms with Crippen molar-refractivity contribution in [3.63, 3.8) is 0 Å². The van der Waals surface area contributed by atoms with E-state index in [1.165, 1.54) is 30.4 Å². The lowest BCUT2D eigenvalue weighted by Gasteiger charge is -2.19. The van der Waals surface area contributed by atoms with Crippen LogP contribution in [0, 0.1) is 5.92 Å². The number of rotatable bonds is 6. The van der Waals surface area contributed by atoms with Crippen molar-refractivity contribution in [1.29, 1.82) is 0 Å². The highest BCUT2D eigenvalue weighted by Crippen LogP contribution is 2.50. The van der Waals surface area contributed by atoms with Gasteiger partial charge in [-0.05, 0) is 54.6 Å². The van der Waals surface area contributed by atoms with Crippen molar-refractivity contribution in [3.05, 3.63) is 35.4 Å². The molecule has 0 radical (unpaired) electrons. The summed E-state index contributed by atoms with van der Waals surface area (Å²) in [5.74, 6) is 1.72. The largest absolute Gasteiger partial charge is 0.382 e. The van der Waals surface area contributed by atoms with Gasteiger partial charge in [-0.15, -0.1) is 0 Å². The standard InChI is InChI=1S/C18H28O/c1-5-19-12-6-7-15-13-17(15)14-8-10-16(11-9-14)18(2,3)4/h8-11,15,17H,5-7,12-13H2,1-4H3. The molecule has 0 aromatic heterocycles. The Labute approximate surface area is 118 Å². The molecule has 106 valence electrons. The molecule has 2 atom stereocenters. The number of benzene rings is 1. The second kappa shape index (κ2) is 6.09. The molecule has 19 heavy (non-hydrogen) atoms. The molecule has 1 fully saturated rings. The maximum Gasteiger partial charge on any atom is 0.0465 e. The van der Waals surface area contributed by atoms with E-state index in [1.807, 2.05) is 0 Å². The van der Waals surface area contributed by atoms with Crippen LogP contribution in [0.25, 0.3) is 0 Å². The van der Waals surface area contributed by atoms with Crippen molar-refractivity contribution in [2.45, 2.75) is 58.3 Å². The van der Waals surface area contributed by atoms with Gasteiger partial charge in [-0.1, -0.05) is 45.0 Å². The van der Waals surface area contributed by atoms with Gasteiger partial charge in [0.15, 0.2) is 0 Å². The van der Waals surface area contributed by atoms with Crippen molar-refractivity contribution in [2.75, 3.05) is 13.2 Å². The van der Waals surface area contributed by atoms with E-state index in [9.17, 15) is 0 Å². The third-order valence-electron chi connectivity index (χ3n) is 4.20. The molecular weight excluding hydrogens is 232 g/mol. The van der Waals surface area contributed by atoms with Crippen molar-refractivity contribution in [1.82, 2.24) is 0 Å². The van der Waals surface area contributed by atoms with Crippen molar-refractivity contribution < 1.29 is 4.74 Å². The van der Waals surface area contributed by atoms with Crippen molar-refractivity contribution in [3.8, 4) is 0 Å². The van der Waals surface area contributed by atoms with Crippen molar-refractivity contribution in [2.24, 2.45) is 5.92 Å². The Balaban J connectivity index is 1.81. The Hall–Kier alpha value is -0.820. The summed E-state index contributed by atoms with van der Waals surface area (Å²) in [4.78, 5) is 0. The second-order valence-electron chi connectivity index (χ2n) is 6.81. The molecule has 1 nitrogen and oxygen atoms in total. The Morgan fingerprint density at radius 2 is 1.84 bits per heavy atom. The summed E-state index contributed by atoms with van der Waals surface area (Å²) >= 11 is 0. The monoisotopic (exact) mass is 260 g/mol. The van der Waals surface area contributed by atoms with E-state index in [0.717, 1.165) is 25.0 Å². The minimum atomic E-state index is 0.263. The van der Waals surface area contributed by atoms with Crippen molar-refractivity contribution >= 4 is 0 Å². The molecule has 1 heteroatoms. The quantitative estimate of drug-likeness (QED) is 0.661. The first kappa shape index (κ1) is 14.6. The fraction of sp³-hybridized carbons (Fsp3) is 0.667. The molecule has 1 saturated carbocycles. The second-order valence-corrected chi connectivity index (χ2v) is 6.81. The van der Waals surface area contributed by atoms with Gasteiger partial charge in [0.25, 0.3) is 0 Å². The van der Waals surface area contributed by atoms with E-state index in [1.54, 1.807) is 0 Å². The number of ether oxygens (including phenoxy) is 1. The van der Waals surface area contributed by atoms with Gasteiger partial charge in [-0.3, -0.25) is 0 Å². The Morgan fingerprint density at radius 1 is 1.16 bits per heavy atom. The van der Waals surface area contributed by atoms with Gasteiger partial charge < -0.3 is 4.74 Å². The van der Waals surface area contributed by atoms with E-state index in [2.05, 4.69) is 52.0 Å². The predicted octanol–water partition coefficient (Wildman–Crippen LogP) is 4.90. The summed E-state index contributed by atoms with van der Waals surface area (Å²) in [6.07, 6.45) is 3.92. The van der Waals surface area contributed by atoms with Crippen LogP contribution in [0.5, 0.6) is 0 Å². The average Bonchev–Trinajstić information content (AvgIpc) is 3.13. The van der Waals surface area contributed by atoms with Crippen LogP contribution in [0.15, 0.2) is 24.3 Å². The average molecular weight is 260 g/mol. The molecule has 0 N–H and O–H groups in total. The summed E-state index contributed by atoms with van der Waals surface area (Å²) in [6, 6.07) is 9.30. The molecule has 0 saturated heterocycles. The SMILES string of the molecule is CCOCCCC1CC1c1ccc(C(C)(C)C)cc1. The summed E-state index contributed by atoms with van der Waals surface area (Å²) in [5, 5.41) is 0. The molecule has 0 aliphatic heterocycles. The molecule has 1 aromatic rings. The first-order valence-electron chi connectivity index (χ1n) is 7.70. The third-order valence-corrected chi connectivity index (χ3v) is 4.20. The zero-order valence-corrected chi connectivity index (χ0v) is 12.9. The van der Waals surface area contributed by atoms with Crippen LogP contribution in [0.4, 0.5) is 0 Å². The van der Waals surface area contributed by atoms with Gasteiger partial charge in [0.2, 0.25) is 0 Å². The van der Waals surface area contributed by atoms with Crippen LogP contribution < -0.4 is 0 Å². The zero-order valence-electron chi connectivity index (χ0n) is 12.9. The lowest BCUT2D eigenvalue weighted by Crippen LogP contribution is -2.10. The molecule has 2 unspecified atom stereocenters. The molecule has 1 aliphatic carbocycles. The number of hydrogen-bond acceptors (Lipinski definition) is 1. The summed E-state index contributed by atoms with van der Waals surface area (Å²) in [5.41, 5.74) is 3.23. The minimum absolute atomic E-state index is 0.263. The van der Waals surface area contributed by atoms with E-state index in [4.69, 9.17) is 4.74 Å². The van der Waals surface area contributed by atoms with Gasteiger partial charge in [0, 0.05) is 13.2 Å². The topological polar surface area (TPSA) is 9.23 Å². The van der Waals surface area contributed by atoms with Gasteiger partial charge >= 0.3 is 0 Å². The molecule has 0 amide bonds. The lowest BCUT2D eigenvalue weighted by atomic mass is 9.86. The van der Waals surface area contributed by atoms with Gasteiger partial charge in [-0.2, -0.15) is 0 Å². The summed E-state index contributed by atoms with van der Waals surface area (Å²) in [6.45, 7) is 10.7. The molecular formula is C18H28O. The highest BCUT2D eigenvalue weighted by atomic mass is 16.5. The molecule has 1 aliphatic rings. The molecule has 0 heterocycles. The van der Waals surface area contributed by atoms with Crippen LogP contribution in [0.2, 0.25) is 0 Å². The predicted molar refractivity (Wildman–Crippen MR) is 81.7 cm³/mol. The van der Waals surface area contributed by atoms with Crippen LogP contribution in [0.3, 0.4) is 0 Å². The van der Waals surface area contributed by atoms with Crippen LogP contribution in [-0.2, 0) is 10.2 Å².